The van der Waals surface area contributed by atoms with Crippen LogP contribution in [0, 0.1) is 17.3 Å². The Hall–Kier alpha value is -3.33. The number of anilines is 2. The van der Waals surface area contributed by atoms with Crippen LogP contribution in [-0.4, -0.2) is 73.1 Å². The molecular formula is C32H44N4O5. The number of piperidine rings is 1. The summed E-state index contributed by atoms with van der Waals surface area (Å²) in [6.07, 6.45) is 9.34. The first kappa shape index (κ1) is 29.2. The van der Waals surface area contributed by atoms with E-state index < -0.39 is 5.97 Å². The number of methoxy groups -OCH3 is 2. The third-order valence-corrected chi connectivity index (χ3v) is 9.35. The molecule has 1 aliphatic carbocycles. The van der Waals surface area contributed by atoms with Crippen molar-refractivity contribution >= 4 is 22.9 Å². The average molecular weight is 565 g/mol. The predicted molar refractivity (Wildman–Crippen MR) is 160 cm³/mol. The van der Waals surface area contributed by atoms with E-state index in [1.54, 1.807) is 20.4 Å². The number of aliphatic carboxylic acids is 1. The van der Waals surface area contributed by atoms with Gasteiger partial charge in [-0.1, -0.05) is 33.8 Å². The number of carbonyl (C=O) groups is 1. The van der Waals surface area contributed by atoms with E-state index in [1.165, 1.54) is 16.8 Å². The SMILES string of the molecule is COc1cc(N2CC[C@@H](Oc3ccc(N4C[C@H](OC)[C@@H](C)[C@@H]4CC(=O)O)cn3)[C@H](C)C2)c(C2=CCCC2(C)C)cn1. The minimum atomic E-state index is -0.808. The molecule has 41 heavy (non-hydrogen) atoms. The number of nitrogens with zero attached hydrogens (tertiary/aromatic N) is 4. The molecule has 0 bridgehead atoms. The summed E-state index contributed by atoms with van der Waals surface area (Å²) in [5.41, 5.74) is 4.76. The topological polar surface area (TPSA) is 97.2 Å². The Bertz CT molecular complexity index is 1260. The van der Waals surface area contributed by atoms with Crippen molar-refractivity contribution in [2.75, 3.05) is 43.7 Å². The first-order valence-electron chi connectivity index (χ1n) is 14.7. The zero-order chi connectivity index (χ0) is 29.3. The van der Waals surface area contributed by atoms with E-state index in [1.807, 2.05) is 18.3 Å². The minimum absolute atomic E-state index is 0.0155. The number of pyridine rings is 2. The van der Waals surface area contributed by atoms with E-state index in [2.05, 4.69) is 59.6 Å². The maximum Gasteiger partial charge on any atom is 0.305 e. The number of ether oxygens (including phenoxy) is 3. The Morgan fingerprint density at radius 2 is 1.88 bits per heavy atom. The molecule has 222 valence electrons. The van der Waals surface area contributed by atoms with Crippen LogP contribution in [0.4, 0.5) is 11.4 Å². The maximum atomic E-state index is 11.5. The lowest BCUT2D eigenvalue weighted by Crippen LogP contribution is -2.45. The molecule has 0 spiro atoms. The van der Waals surface area contributed by atoms with E-state index in [9.17, 15) is 9.90 Å². The van der Waals surface area contributed by atoms with Gasteiger partial charge in [-0.25, -0.2) is 9.97 Å². The summed E-state index contributed by atoms with van der Waals surface area (Å²) < 4.78 is 17.5. The van der Waals surface area contributed by atoms with Crippen LogP contribution in [0.15, 0.2) is 36.7 Å². The number of carboxylic acid groups (broad SMARTS) is 1. The van der Waals surface area contributed by atoms with Crippen LogP contribution in [0.5, 0.6) is 11.8 Å². The highest BCUT2D eigenvalue weighted by atomic mass is 16.5. The monoisotopic (exact) mass is 564 g/mol. The van der Waals surface area contributed by atoms with Crippen molar-refractivity contribution in [2.45, 2.75) is 71.6 Å². The summed E-state index contributed by atoms with van der Waals surface area (Å²) in [5.74, 6) is 0.802. The molecule has 0 unspecified atom stereocenters. The number of aromatic nitrogens is 2. The van der Waals surface area contributed by atoms with Crippen LogP contribution in [0.25, 0.3) is 5.57 Å². The standard InChI is InChI=1S/C32H44N4O5/c1-20-18-35(26-14-30(40-6)34-17-23(26)24-8-7-12-32(24,3)4)13-11-27(20)41-29-10-9-22(16-33-29)36-19-28(39-5)21(2)25(36)15-31(37)38/h8-10,14,16-17,20-21,25,27-28H,7,11-13,15,18-19H2,1-6H3,(H,37,38)/t20-,21+,25+,27-,28+/m1/s1. The fraction of sp³-hybridized carbons (Fsp3) is 0.594. The molecule has 4 heterocycles. The molecule has 0 aromatic carbocycles. The molecule has 2 fully saturated rings. The van der Waals surface area contributed by atoms with Crippen molar-refractivity contribution in [3.05, 3.63) is 42.2 Å². The van der Waals surface area contributed by atoms with Gasteiger partial charge < -0.3 is 29.1 Å². The van der Waals surface area contributed by atoms with E-state index in [-0.39, 0.29) is 41.9 Å². The van der Waals surface area contributed by atoms with Gasteiger partial charge >= 0.3 is 5.97 Å². The van der Waals surface area contributed by atoms with Gasteiger partial charge in [0.15, 0.2) is 0 Å². The van der Waals surface area contributed by atoms with Gasteiger partial charge in [0.25, 0.3) is 0 Å². The largest absolute Gasteiger partial charge is 0.481 e. The zero-order valence-corrected chi connectivity index (χ0v) is 25.2. The smallest absolute Gasteiger partial charge is 0.305 e. The number of allylic oxidation sites excluding steroid dienone is 2. The van der Waals surface area contributed by atoms with Crippen molar-refractivity contribution in [1.82, 2.24) is 9.97 Å². The van der Waals surface area contributed by atoms with Crippen LogP contribution >= 0.6 is 0 Å². The van der Waals surface area contributed by atoms with Crippen molar-refractivity contribution in [3.63, 3.8) is 0 Å². The molecule has 9 nitrogen and oxygen atoms in total. The summed E-state index contributed by atoms with van der Waals surface area (Å²) >= 11 is 0. The lowest BCUT2D eigenvalue weighted by atomic mass is 9.81. The molecule has 0 radical (unpaired) electrons. The van der Waals surface area contributed by atoms with E-state index in [4.69, 9.17) is 14.2 Å². The fourth-order valence-corrected chi connectivity index (χ4v) is 6.84. The van der Waals surface area contributed by atoms with Gasteiger partial charge in [0.1, 0.15) is 6.10 Å². The Morgan fingerprint density at radius 1 is 1.10 bits per heavy atom. The van der Waals surface area contributed by atoms with Gasteiger partial charge in [-0.2, -0.15) is 0 Å². The Labute approximate surface area is 243 Å². The van der Waals surface area contributed by atoms with E-state index in [0.29, 0.717) is 18.3 Å². The Balaban J connectivity index is 1.27. The lowest BCUT2D eigenvalue weighted by molar-refractivity contribution is -0.137. The molecule has 0 amide bonds. The molecular weight excluding hydrogens is 520 g/mol. The maximum absolute atomic E-state index is 11.5. The molecule has 1 N–H and O–H groups in total. The number of carboxylic acids is 1. The quantitative estimate of drug-likeness (QED) is 0.435. The van der Waals surface area contributed by atoms with Crippen molar-refractivity contribution < 1.29 is 24.1 Å². The minimum Gasteiger partial charge on any atom is -0.481 e. The third-order valence-electron chi connectivity index (χ3n) is 9.35. The summed E-state index contributed by atoms with van der Waals surface area (Å²) in [4.78, 5) is 25.3. The van der Waals surface area contributed by atoms with Gasteiger partial charge in [0.2, 0.25) is 11.8 Å². The average Bonchev–Trinajstić information content (AvgIpc) is 3.47. The summed E-state index contributed by atoms with van der Waals surface area (Å²) in [7, 11) is 3.35. The predicted octanol–water partition coefficient (Wildman–Crippen LogP) is 5.30. The van der Waals surface area contributed by atoms with Crippen LogP contribution in [-0.2, 0) is 9.53 Å². The van der Waals surface area contributed by atoms with Crippen LogP contribution < -0.4 is 19.3 Å². The first-order valence-corrected chi connectivity index (χ1v) is 14.7. The van der Waals surface area contributed by atoms with Crippen LogP contribution in [0.3, 0.4) is 0 Å². The summed E-state index contributed by atoms with van der Waals surface area (Å²) in [6, 6.07) is 5.81. The molecule has 3 aliphatic rings. The first-order chi connectivity index (χ1) is 19.6. The summed E-state index contributed by atoms with van der Waals surface area (Å²) in [6.45, 7) is 11.3. The van der Waals surface area contributed by atoms with Gasteiger partial charge in [-0.05, 0) is 29.9 Å². The second-order valence-electron chi connectivity index (χ2n) is 12.5. The van der Waals surface area contributed by atoms with Gasteiger partial charge in [-0.3, -0.25) is 4.79 Å². The summed E-state index contributed by atoms with van der Waals surface area (Å²) in [5, 5.41) is 9.46. The Kier molecular flexibility index (Phi) is 8.45. The molecule has 5 atom stereocenters. The molecule has 2 aromatic rings. The van der Waals surface area contributed by atoms with Gasteiger partial charge in [0.05, 0.1) is 37.2 Å². The van der Waals surface area contributed by atoms with Crippen molar-refractivity contribution in [1.29, 1.82) is 0 Å². The molecule has 2 aromatic heterocycles. The second kappa shape index (κ2) is 11.9. The van der Waals surface area contributed by atoms with Crippen molar-refractivity contribution in [2.24, 2.45) is 17.3 Å². The van der Waals surface area contributed by atoms with Gasteiger partial charge in [-0.15, -0.1) is 0 Å². The molecule has 2 aliphatic heterocycles. The zero-order valence-electron chi connectivity index (χ0n) is 25.2. The molecule has 9 heteroatoms. The number of hydrogen-bond donors (Lipinski definition) is 1. The normalized spacial score (nSPS) is 27.6. The highest BCUT2D eigenvalue weighted by Gasteiger charge is 2.40. The van der Waals surface area contributed by atoms with Gasteiger partial charge in [0, 0.05) is 74.9 Å². The highest BCUT2D eigenvalue weighted by molar-refractivity contribution is 5.81. The second-order valence-corrected chi connectivity index (χ2v) is 12.5. The number of hydrogen-bond acceptors (Lipinski definition) is 8. The molecule has 2 saturated heterocycles. The fourth-order valence-electron chi connectivity index (χ4n) is 6.84. The number of rotatable bonds is 9. The molecule has 5 rings (SSSR count). The van der Waals surface area contributed by atoms with Crippen LogP contribution in [0.1, 0.15) is 58.9 Å². The molecule has 0 saturated carbocycles. The van der Waals surface area contributed by atoms with E-state index in [0.717, 1.165) is 38.0 Å². The lowest BCUT2D eigenvalue weighted by Gasteiger charge is -2.39. The van der Waals surface area contributed by atoms with Crippen LogP contribution in [0.2, 0.25) is 0 Å². The van der Waals surface area contributed by atoms with E-state index >= 15 is 0 Å². The third kappa shape index (κ3) is 6.01. The Morgan fingerprint density at radius 3 is 2.49 bits per heavy atom. The van der Waals surface area contributed by atoms with Crippen molar-refractivity contribution in [3.8, 4) is 11.8 Å². The highest BCUT2D eigenvalue weighted by Crippen LogP contribution is 2.47.